The number of benzene rings is 7. The summed E-state index contributed by atoms with van der Waals surface area (Å²) >= 11 is 1.79. The molecule has 0 aliphatic heterocycles. The molecule has 10 rings (SSSR count). The van der Waals surface area contributed by atoms with Gasteiger partial charge >= 0.3 is 0 Å². The molecule has 0 amide bonds. The minimum absolute atomic E-state index is 0.593. The Bertz CT molecular complexity index is 2680. The van der Waals surface area contributed by atoms with Gasteiger partial charge in [0.15, 0.2) is 17.5 Å². The van der Waals surface area contributed by atoms with Gasteiger partial charge in [-0.25, -0.2) is 15.0 Å². The fourth-order valence-electron chi connectivity index (χ4n) is 6.84. The van der Waals surface area contributed by atoms with Crippen LogP contribution < -0.4 is 0 Å². The third-order valence-electron chi connectivity index (χ3n) is 9.31. The number of rotatable bonds is 5. The second-order valence-corrected chi connectivity index (χ2v) is 13.5. The maximum absolute atomic E-state index is 6.28. The second kappa shape index (κ2) is 11.6. The SMILES string of the molecule is c1ccc(-c2cc(-c3ccccc3)cc(-c3nc(-c4ccc5c(c4)oc4ccccc45)nc(-c4ccc5c(c4)sc4ccccc45)n3)c2)cc1. The lowest BCUT2D eigenvalue weighted by atomic mass is 9.96. The van der Waals surface area contributed by atoms with Crippen molar-refractivity contribution < 1.29 is 4.42 Å². The number of furan rings is 1. The molecule has 3 heterocycles. The third-order valence-corrected chi connectivity index (χ3v) is 10.4. The molecule has 0 saturated heterocycles. The molecule has 10 aromatic rings. The molecule has 7 aromatic carbocycles. The molecule has 0 aliphatic rings. The van der Waals surface area contributed by atoms with Crippen molar-refractivity contribution in [2.75, 3.05) is 0 Å². The van der Waals surface area contributed by atoms with E-state index in [0.717, 1.165) is 60.9 Å². The molecule has 0 aliphatic carbocycles. The van der Waals surface area contributed by atoms with E-state index >= 15 is 0 Å². The molecule has 5 heteroatoms. The van der Waals surface area contributed by atoms with Gasteiger partial charge in [0.2, 0.25) is 0 Å². The molecule has 0 unspecified atom stereocenters. The Morgan fingerprint density at radius 2 is 0.820 bits per heavy atom. The molecule has 4 nitrogen and oxygen atoms in total. The second-order valence-electron chi connectivity index (χ2n) is 12.5. The maximum atomic E-state index is 6.28. The van der Waals surface area contributed by atoms with E-state index in [1.165, 1.54) is 20.2 Å². The molecule has 50 heavy (non-hydrogen) atoms. The van der Waals surface area contributed by atoms with E-state index in [-0.39, 0.29) is 0 Å². The van der Waals surface area contributed by atoms with Crippen LogP contribution in [0.2, 0.25) is 0 Å². The van der Waals surface area contributed by atoms with Crippen LogP contribution in [0.1, 0.15) is 0 Å². The Balaban J connectivity index is 1.20. The number of nitrogens with zero attached hydrogens (tertiary/aromatic N) is 3. The van der Waals surface area contributed by atoms with Crippen molar-refractivity contribution in [1.29, 1.82) is 0 Å². The molecule has 0 spiro atoms. The molecule has 234 valence electrons. The van der Waals surface area contributed by atoms with Crippen LogP contribution in [-0.4, -0.2) is 15.0 Å². The van der Waals surface area contributed by atoms with Gasteiger partial charge in [-0.2, -0.15) is 0 Å². The summed E-state index contributed by atoms with van der Waals surface area (Å²) in [6.07, 6.45) is 0. The summed E-state index contributed by atoms with van der Waals surface area (Å²) in [5, 5.41) is 4.66. The largest absolute Gasteiger partial charge is 0.456 e. The fraction of sp³-hybridized carbons (Fsp3) is 0. The molecule has 0 fully saturated rings. The molecular formula is C45H27N3OS. The lowest BCUT2D eigenvalue weighted by Gasteiger charge is -2.12. The summed E-state index contributed by atoms with van der Waals surface area (Å²) in [5.74, 6) is 1.83. The number of aromatic nitrogens is 3. The predicted molar refractivity (Wildman–Crippen MR) is 207 cm³/mol. The van der Waals surface area contributed by atoms with E-state index in [2.05, 4.69) is 127 Å². The summed E-state index contributed by atoms with van der Waals surface area (Å²) in [5.41, 5.74) is 8.85. The highest BCUT2D eigenvalue weighted by atomic mass is 32.1. The standard InChI is InChI=1S/C45H27N3OS/c1-3-11-28(12-4-1)32-23-33(29-13-5-2-6-14-29)25-34(24-32)45-47-43(30-19-21-36-35-15-7-9-17-39(35)49-40(36)26-30)46-44(48-45)31-20-22-38-37-16-8-10-18-41(37)50-42(38)27-31/h1-27H. The van der Waals surface area contributed by atoms with Gasteiger partial charge in [0, 0.05) is 47.6 Å². The van der Waals surface area contributed by atoms with Gasteiger partial charge in [-0.15, -0.1) is 11.3 Å². The van der Waals surface area contributed by atoms with E-state index in [4.69, 9.17) is 19.4 Å². The maximum Gasteiger partial charge on any atom is 0.164 e. The van der Waals surface area contributed by atoms with E-state index in [9.17, 15) is 0 Å². The van der Waals surface area contributed by atoms with Crippen molar-refractivity contribution in [3.05, 3.63) is 164 Å². The van der Waals surface area contributed by atoms with Crippen LogP contribution in [0.5, 0.6) is 0 Å². The zero-order valence-corrected chi connectivity index (χ0v) is 27.6. The molecule has 0 atom stereocenters. The Hall–Kier alpha value is -6.43. The van der Waals surface area contributed by atoms with Gasteiger partial charge in [-0.3, -0.25) is 0 Å². The average molecular weight is 658 g/mol. The van der Waals surface area contributed by atoms with Crippen LogP contribution in [0.3, 0.4) is 0 Å². The van der Waals surface area contributed by atoms with Crippen LogP contribution >= 0.6 is 11.3 Å². The Morgan fingerprint density at radius 3 is 1.52 bits per heavy atom. The summed E-state index contributed by atoms with van der Waals surface area (Å²) in [7, 11) is 0. The van der Waals surface area contributed by atoms with E-state index in [1.807, 2.05) is 36.4 Å². The van der Waals surface area contributed by atoms with Crippen LogP contribution in [-0.2, 0) is 0 Å². The summed E-state index contributed by atoms with van der Waals surface area (Å²) in [6.45, 7) is 0. The highest BCUT2D eigenvalue weighted by Gasteiger charge is 2.17. The van der Waals surface area contributed by atoms with Gasteiger partial charge in [0.25, 0.3) is 0 Å². The number of fused-ring (bicyclic) bond motifs is 6. The lowest BCUT2D eigenvalue weighted by Crippen LogP contribution is -2.00. The Labute approximate surface area is 292 Å². The molecule has 0 bridgehead atoms. The average Bonchev–Trinajstić information content (AvgIpc) is 3.76. The van der Waals surface area contributed by atoms with Crippen molar-refractivity contribution in [2.24, 2.45) is 0 Å². The first-order valence-corrected chi connectivity index (χ1v) is 17.4. The molecule has 0 N–H and O–H groups in total. The van der Waals surface area contributed by atoms with Crippen LogP contribution in [0.4, 0.5) is 0 Å². The first kappa shape index (κ1) is 28.6. The fourth-order valence-corrected chi connectivity index (χ4v) is 7.99. The van der Waals surface area contributed by atoms with Gasteiger partial charge in [-0.05, 0) is 70.8 Å². The van der Waals surface area contributed by atoms with Crippen molar-refractivity contribution in [2.45, 2.75) is 0 Å². The number of hydrogen-bond donors (Lipinski definition) is 0. The monoisotopic (exact) mass is 657 g/mol. The smallest absolute Gasteiger partial charge is 0.164 e. The lowest BCUT2D eigenvalue weighted by molar-refractivity contribution is 0.669. The predicted octanol–water partition coefficient (Wildman–Crippen LogP) is 12.5. The molecule has 3 aromatic heterocycles. The topological polar surface area (TPSA) is 51.8 Å². The minimum atomic E-state index is 0.593. The zero-order valence-electron chi connectivity index (χ0n) is 26.7. The summed E-state index contributed by atoms with van der Waals surface area (Å²) in [4.78, 5) is 15.5. The third kappa shape index (κ3) is 4.95. The molecule has 0 radical (unpaired) electrons. The van der Waals surface area contributed by atoms with Crippen LogP contribution in [0.15, 0.2) is 168 Å². The Kier molecular flexibility index (Phi) is 6.64. The van der Waals surface area contributed by atoms with E-state index < -0.39 is 0 Å². The summed E-state index contributed by atoms with van der Waals surface area (Å²) < 4.78 is 8.75. The highest BCUT2D eigenvalue weighted by molar-refractivity contribution is 7.25. The minimum Gasteiger partial charge on any atom is -0.456 e. The van der Waals surface area contributed by atoms with Crippen LogP contribution in [0, 0.1) is 0 Å². The van der Waals surface area contributed by atoms with Crippen molar-refractivity contribution >= 4 is 53.4 Å². The van der Waals surface area contributed by atoms with E-state index in [0.29, 0.717) is 17.5 Å². The van der Waals surface area contributed by atoms with Crippen molar-refractivity contribution in [3.8, 4) is 56.4 Å². The first-order chi connectivity index (χ1) is 24.7. The number of thiophene rings is 1. The summed E-state index contributed by atoms with van der Waals surface area (Å²) in [6, 6.07) is 57.0. The highest BCUT2D eigenvalue weighted by Crippen LogP contribution is 2.38. The van der Waals surface area contributed by atoms with Gasteiger partial charge in [0.05, 0.1) is 0 Å². The van der Waals surface area contributed by atoms with Crippen molar-refractivity contribution in [3.63, 3.8) is 0 Å². The normalized spacial score (nSPS) is 11.6. The molecule has 0 saturated carbocycles. The van der Waals surface area contributed by atoms with Gasteiger partial charge < -0.3 is 4.42 Å². The quantitative estimate of drug-likeness (QED) is 0.185. The van der Waals surface area contributed by atoms with Crippen molar-refractivity contribution in [1.82, 2.24) is 15.0 Å². The molecular weight excluding hydrogens is 631 g/mol. The zero-order chi connectivity index (χ0) is 33.0. The van der Waals surface area contributed by atoms with E-state index in [1.54, 1.807) is 11.3 Å². The van der Waals surface area contributed by atoms with Crippen LogP contribution in [0.25, 0.3) is 98.5 Å². The first-order valence-electron chi connectivity index (χ1n) is 16.6. The Morgan fingerprint density at radius 1 is 0.320 bits per heavy atom. The van der Waals surface area contributed by atoms with Gasteiger partial charge in [0.1, 0.15) is 11.2 Å². The number of para-hydroxylation sites is 1. The number of hydrogen-bond acceptors (Lipinski definition) is 5. The van der Waals surface area contributed by atoms with Gasteiger partial charge in [-0.1, -0.05) is 115 Å².